The molecule has 4 heterocycles. The van der Waals surface area contributed by atoms with Crippen LogP contribution in [-0.4, -0.2) is 81.5 Å². The smallest absolute Gasteiger partial charge is 0.414 e. The Kier molecular flexibility index (Phi) is 6.97. The number of aromatic carboxylic acids is 1. The van der Waals surface area contributed by atoms with Crippen molar-refractivity contribution < 1.29 is 43.2 Å². The van der Waals surface area contributed by atoms with Gasteiger partial charge in [0.25, 0.3) is 0 Å². The van der Waals surface area contributed by atoms with Crippen LogP contribution in [0.2, 0.25) is 0 Å². The molecule has 1 aromatic carbocycles. The molecule has 1 saturated carbocycles. The topological polar surface area (TPSA) is 155 Å². The first-order chi connectivity index (χ1) is 20.1. The largest absolute Gasteiger partial charge is 0.488 e. The van der Waals surface area contributed by atoms with Gasteiger partial charge in [0, 0.05) is 31.4 Å². The predicted octanol–water partition coefficient (Wildman–Crippen LogP) is 2.44. The molecule has 1 amide bonds. The van der Waals surface area contributed by atoms with Gasteiger partial charge in [0.2, 0.25) is 5.43 Å². The van der Waals surface area contributed by atoms with Crippen LogP contribution in [0.5, 0.6) is 5.75 Å². The van der Waals surface area contributed by atoms with Crippen LogP contribution in [0.15, 0.2) is 35.3 Å². The van der Waals surface area contributed by atoms with E-state index in [2.05, 4.69) is 4.98 Å². The lowest BCUT2D eigenvalue weighted by Crippen LogP contribution is -2.48. The molecular formula is C28H28F2N4O8. The molecule has 2 aliphatic heterocycles. The van der Waals surface area contributed by atoms with Crippen molar-refractivity contribution in [1.82, 2.24) is 9.55 Å². The number of carboxylic acid groups (broad SMARTS) is 1. The Balaban J connectivity index is 1.14. The second kappa shape index (κ2) is 10.5. The average molecular weight is 587 g/mol. The molecule has 42 heavy (non-hydrogen) atoms. The van der Waals surface area contributed by atoms with E-state index >= 15 is 4.39 Å². The van der Waals surface area contributed by atoms with Crippen molar-refractivity contribution in [2.24, 2.45) is 0 Å². The zero-order chi connectivity index (χ0) is 29.8. The normalized spacial score (nSPS) is 20.2. The predicted molar refractivity (Wildman–Crippen MR) is 144 cm³/mol. The third kappa shape index (κ3) is 5.11. The van der Waals surface area contributed by atoms with Crippen LogP contribution in [-0.2, 0) is 4.74 Å². The number of halogens is 2. The summed E-state index contributed by atoms with van der Waals surface area (Å²) in [5.41, 5.74) is -2.13. The molecule has 6 rings (SSSR count). The number of rotatable bonds is 8. The van der Waals surface area contributed by atoms with Crippen LogP contribution >= 0.6 is 0 Å². The number of amides is 1. The second-order valence-electron chi connectivity index (χ2n) is 10.9. The van der Waals surface area contributed by atoms with Gasteiger partial charge in [0.05, 0.1) is 24.2 Å². The maximum atomic E-state index is 15.2. The molecule has 1 atom stereocenters. The van der Waals surface area contributed by atoms with Gasteiger partial charge < -0.3 is 34.3 Å². The number of piperidine rings is 1. The summed E-state index contributed by atoms with van der Waals surface area (Å²) in [6.07, 6.45) is 1.77. The van der Waals surface area contributed by atoms with E-state index < -0.39 is 46.4 Å². The minimum absolute atomic E-state index is 0.00662. The lowest BCUT2D eigenvalue weighted by Gasteiger charge is -2.38. The molecule has 3 aromatic rings. The van der Waals surface area contributed by atoms with E-state index in [1.165, 1.54) is 23.2 Å². The fourth-order valence-corrected chi connectivity index (χ4v) is 5.34. The number of hydrogen-bond acceptors (Lipinski definition) is 9. The van der Waals surface area contributed by atoms with Gasteiger partial charge in [-0.1, -0.05) is 0 Å². The Bertz CT molecular complexity index is 1630. The number of hydrogen-bond donors (Lipinski definition) is 3. The van der Waals surface area contributed by atoms with Crippen molar-refractivity contribution in [2.75, 3.05) is 42.6 Å². The molecule has 0 unspecified atom stereocenters. The number of anilines is 2. The summed E-state index contributed by atoms with van der Waals surface area (Å²) < 4.78 is 42.2. The lowest BCUT2D eigenvalue weighted by atomic mass is 9.92. The van der Waals surface area contributed by atoms with Gasteiger partial charge in [-0.05, 0) is 43.9 Å². The quantitative estimate of drug-likeness (QED) is 0.359. The number of pyridine rings is 2. The van der Waals surface area contributed by atoms with Gasteiger partial charge in [-0.25, -0.2) is 23.4 Å². The van der Waals surface area contributed by atoms with E-state index in [1.807, 2.05) is 0 Å². The molecule has 1 aliphatic carbocycles. The average Bonchev–Trinajstić information content (AvgIpc) is 3.74. The van der Waals surface area contributed by atoms with Gasteiger partial charge in [-0.3, -0.25) is 9.69 Å². The van der Waals surface area contributed by atoms with Crippen LogP contribution in [0.1, 0.15) is 42.1 Å². The zero-order valence-corrected chi connectivity index (χ0v) is 22.3. The first-order valence-electron chi connectivity index (χ1n) is 13.5. The van der Waals surface area contributed by atoms with E-state index in [0.29, 0.717) is 0 Å². The number of fused-ring (bicyclic) bond motifs is 1. The molecule has 3 N–H and O–H groups in total. The van der Waals surface area contributed by atoms with Gasteiger partial charge in [0.15, 0.2) is 23.2 Å². The molecule has 14 heteroatoms. The molecule has 3 fully saturated rings. The molecule has 2 aromatic heterocycles. The van der Waals surface area contributed by atoms with Crippen LogP contribution in [0.3, 0.4) is 0 Å². The summed E-state index contributed by atoms with van der Waals surface area (Å²) in [6, 6.07) is 4.93. The molecule has 2 saturated heterocycles. The summed E-state index contributed by atoms with van der Waals surface area (Å²) in [5, 5.41) is 29.6. The second-order valence-corrected chi connectivity index (χ2v) is 10.9. The highest BCUT2D eigenvalue weighted by Gasteiger charge is 2.36. The van der Waals surface area contributed by atoms with Crippen LogP contribution in [0.25, 0.3) is 11.0 Å². The number of nitrogens with zero attached hydrogens (tertiary/aromatic N) is 4. The minimum atomic E-state index is -1.39. The SMILES string of the molecule is O=C(O)c1cn(C2CC2)c2nc(N3CCC(O)(COc4ccc(N5C[C@H](CO)OC5=O)cc4F)CC3)c(F)cc2c1=O. The minimum Gasteiger partial charge on any atom is -0.488 e. The molecule has 0 radical (unpaired) electrons. The first-order valence-corrected chi connectivity index (χ1v) is 13.5. The van der Waals surface area contributed by atoms with Crippen molar-refractivity contribution in [3.8, 4) is 5.75 Å². The van der Waals surface area contributed by atoms with E-state index in [-0.39, 0.29) is 80.0 Å². The Hall–Kier alpha value is -4.30. The number of cyclic esters (lactones) is 1. The highest BCUT2D eigenvalue weighted by molar-refractivity contribution is 5.92. The number of aliphatic hydroxyl groups excluding tert-OH is 1. The maximum absolute atomic E-state index is 15.2. The maximum Gasteiger partial charge on any atom is 0.414 e. The Morgan fingerprint density at radius 1 is 1.14 bits per heavy atom. The number of aliphatic hydroxyl groups is 2. The van der Waals surface area contributed by atoms with E-state index in [1.54, 1.807) is 9.47 Å². The fourth-order valence-electron chi connectivity index (χ4n) is 5.34. The van der Waals surface area contributed by atoms with Gasteiger partial charge >= 0.3 is 12.1 Å². The third-order valence-electron chi connectivity index (χ3n) is 7.90. The third-order valence-corrected chi connectivity index (χ3v) is 7.90. The number of benzene rings is 1. The monoisotopic (exact) mass is 586 g/mol. The highest BCUT2D eigenvalue weighted by Crippen LogP contribution is 2.38. The standard InChI is InChI=1S/C28H28F2N4O8/c29-20-9-16(34-11-17(13-35)42-27(34)39)3-4-22(20)41-14-28(40)5-7-32(8-6-28)25-21(30)10-18-23(36)19(26(37)38)12-33(15-1-2-15)24(18)31-25/h3-4,9-10,12,15,17,35,40H,1-2,5-8,11,13-14H2,(H,37,38)/t17-/m1/s1. The summed E-state index contributed by atoms with van der Waals surface area (Å²) in [7, 11) is 0. The number of carbonyl (C=O) groups is 2. The molecule has 0 spiro atoms. The van der Waals surface area contributed by atoms with E-state index in [9.17, 15) is 34.1 Å². The van der Waals surface area contributed by atoms with Crippen molar-refractivity contribution >= 4 is 34.6 Å². The van der Waals surface area contributed by atoms with Crippen molar-refractivity contribution in [1.29, 1.82) is 0 Å². The van der Waals surface area contributed by atoms with Crippen LogP contribution in [0.4, 0.5) is 25.1 Å². The number of aromatic nitrogens is 2. The number of carboxylic acids is 1. The lowest BCUT2D eigenvalue weighted by molar-refractivity contribution is -0.0251. The van der Waals surface area contributed by atoms with Crippen molar-refractivity contribution in [3.05, 3.63) is 57.9 Å². The Morgan fingerprint density at radius 2 is 1.88 bits per heavy atom. The molecular weight excluding hydrogens is 558 g/mol. The fraction of sp³-hybridized carbons (Fsp3) is 0.429. The van der Waals surface area contributed by atoms with E-state index in [0.717, 1.165) is 25.0 Å². The van der Waals surface area contributed by atoms with Gasteiger partial charge in [-0.15, -0.1) is 0 Å². The summed E-state index contributed by atoms with van der Waals surface area (Å²) in [6.45, 7) is -0.107. The molecule has 222 valence electrons. The Morgan fingerprint density at radius 3 is 2.50 bits per heavy atom. The number of carbonyl (C=O) groups excluding carboxylic acids is 1. The summed E-state index contributed by atoms with van der Waals surface area (Å²) >= 11 is 0. The van der Waals surface area contributed by atoms with E-state index in [4.69, 9.17) is 9.47 Å². The van der Waals surface area contributed by atoms with Crippen LogP contribution < -0.4 is 20.0 Å². The molecule has 12 nitrogen and oxygen atoms in total. The number of ether oxygens (including phenoxy) is 2. The van der Waals surface area contributed by atoms with Crippen molar-refractivity contribution in [2.45, 2.75) is 43.4 Å². The summed E-state index contributed by atoms with van der Waals surface area (Å²) in [5.74, 6) is -3.04. The summed E-state index contributed by atoms with van der Waals surface area (Å²) in [4.78, 5) is 43.5. The van der Waals surface area contributed by atoms with Gasteiger partial charge in [-0.2, -0.15) is 0 Å². The highest BCUT2D eigenvalue weighted by atomic mass is 19.1. The molecule has 3 aliphatic rings. The van der Waals surface area contributed by atoms with Gasteiger partial charge in [0.1, 0.15) is 29.5 Å². The van der Waals surface area contributed by atoms with Crippen LogP contribution in [0, 0.1) is 11.6 Å². The first kappa shape index (κ1) is 27.8. The Labute approximate surface area is 237 Å². The zero-order valence-electron chi connectivity index (χ0n) is 22.3. The molecule has 0 bridgehead atoms. The van der Waals surface area contributed by atoms with Crippen molar-refractivity contribution in [3.63, 3.8) is 0 Å².